The molecule has 0 fully saturated rings. The van der Waals surface area contributed by atoms with Crippen LogP contribution in [-0.4, -0.2) is 30.1 Å². The normalized spacial score (nSPS) is 10.2. The maximum atomic E-state index is 13.2. The highest BCUT2D eigenvalue weighted by Crippen LogP contribution is 2.27. The van der Waals surface area contributed by atoms with Crippen molar-refractivity contribution in [1.82, 2.24) is 15.3 Å². The third kappa shape index (κ3) is 4.73. The van der Waals surface area contributed by atoms with E-state index in [-0.39, 0.29) is 17.7 Å². The van der Waals surface area contributed by atoms with Crippen molar-refractivity contribution in [1.29, 1.82) is 0 Å². The van der Waals surface area contributed by atoms with Crippen LogP contribution in [0.2, 0.25) is 0 Å². The van der Waals surface area contributed by atoms with Crippen molar-refractivity contribution in [3.8, 4) is 11.5 Å². The van der Waals surface area contributed by atoms with E-state index in [9.17, 15) is 9.18 Å². The van der Waals surface area contributed by atoms with Gasteiger partial charge in [0.1, 0.15) is 5.82 Å². The first-order valence-electron chi connectivity index (χ1n) is 8.43. The average Bonchev–Trinajstić information content (AvgIpc) is 2.72. The molecule has 0 aliphatic carbocycles. The minimum atomic E-state index is -0.365. The molecule has 0 saturated carbocycles. The zero-order valence-corrected chi connectivity index (χ0v) is 15.4. The lowest BCUT2D eigenvalue weighted by Crippen LogP contribution is -2.23. The maximum absolute atomic E-state index is 13.2. The van der Waals surface area contributed by atoms with Crippen molar-refractivity contribution < 1.29 is 18.7 Å². The fourth-order valence-electron chi connectivity index (χ4n) is 2.48. The van der Waals surface area contributed by atoms with E-state index in [1.54, 1.807) is 38.5 Å². The third-order valence-corrected chi connectivity index (χ3v) is 3.90. The molecule has 8 heteroatoms. The van der Waals surface area contributed by atoms with Gasteiger partial charge < -0.3 is 20.1 Å². The quantitative estimate of drug-likeness (QED) is 0.652. The van der Waals surface area contributed by atoms with Gasteiger partial charge in [0.2, 0.25) is 5.95 Å². The first-order valence-corrected chi connectivity index (χ1v) is 8.43. The van der Waals surface area contributed by atoms with Crippen molar-refractivity contribution in [2.24, 2.45) is 0 Å². The Morgan fingerprint density at radius 2 is 1.79 bits per heavy atom. The van der Waals surface area contributed by atoms with Crippen LogP contribution in [0.5, 0.6) is 11.5 Å². The lowest BCUT2D eigenvalue weighted by Gasteiger charge is -2.10. The molecule has 7 nitrogen and oxygen atoms in total. The van der Waals surface area contributed by atoms with Crippen LogP contribution in [0.4, 0.5) is 16.0 Å². The summed E-state index contributed by atoms with van der Waals surface area (Å²) < 4.78 is 23.6. The smallest absolute Gasteiger partial charge is 0.254 e. The first-order chi connectivity index (χ1) is 13.6. The second-order valence-corrected chi connectivity index (χ2v) is 5.80. The number of nitrogens with one attached hydrogen (secondary N) is 2. The maximum Gasteiger partial charge on any atom is 0.254 e. The summed E-state index contributed by atoms with van der Waals surface area (Å²) in [4.78, 5) is 20.5. The molecule has 3 aromatic rings. The van der Waals surface area contributed by atoms with E-state index in [0.717, 1.165) is 5.56 Å². The predicted molar refractivity (Wildman–Crippen MR) is 102 cm³/mol. The highest BCUT2D eigenvalue weighted by molar-refractivity contribution is 5.93. The largest absolute Gasteiger partial charge is 0.493 e. The van der Waals surface area contributed by atoms with Crippen LogP contribution in [0, 0.1) is 5.82 Å². The molecule has 0 spiro atoms. The molecule has 0 atom stereocenters. The SMILES string of the molecule is COc1ccc(CNC(=O)c2cnc(Nc3cccc(F)c3)nc2)cc1OC. The van der Waals surface area contributed by atoms with Gasteiger partial charge >= 0.3 is 0 Å². The van der Waals surface area contributed by atoms with Crippen LogP contribution in [-0.2, 0) is 6.54 Å². The standard InChI is InChI=1S/C20H19FN4O3/c1-27-17-7-6-13(8-18(17)28-2)10-22-19(26)14-11-23-20(24-12-14)25-16-5-3-4-15(21)9-16/h3-9,11-12H,10H2,1-2H3,(H,22,26)(H,23,24,25). The lowest BCUT2D eigenvalue weighted by atomic mass is 10.2. The number of hydrogen-bond donors (Lipinski definition) is 2. The second-order valence-electron chi connectivity index (χ2n) is 5.80. The van der Waals surface area contributed by atoms with Gasteiger partial charge in [-0.15, -0.1) is 0 Å². The molecule has 0 unspecified atom stereocenters. The number of amides is 1. The fraction of sp³-hybridized carbons (Fsp3) is 0.150. The number of rotatable bonds is 7. The molecule has 0 aliphatic rings. The number of hydrogen-bond acceptors (Lipinski definition) is 6. The Bertz CT molecular complexity index is 964. The summed E-state index contributed by atoms with van der Waals surface area (Å²) in [6, 6.07) is 11.3. The van der Waals surface area contributed by atoms with E-state index >= 15 is 0 Å². The number of nitrogens with zero attached hydrogens (tertiary/aromatic N) is 2. The number of halogens is 1. The summed E-state index contributed by atoms with van der Waals surface area (Å²) in [6.07, 6.45) is 2.80. The Hall–Kier alpha value is -3.68. The van der Waals surface area contributed by atoms with E-state index in [0.29, 0.717) is 29.3 Å². The van der Waals surface area contributed by atoms with E-state index in [4.69, 9.17) is 9.47 Å². The number of carbonyl (C=O) groups excluding carboxylic acids is 1. The van der Waals surface area contributed by atoms with Crippen molar-refractivity contribution in [3.63, 3.8) is 0 Å². The molecule has 1 heterocycles. The second kappa shape index (κ2) is 8.81. The average molecular weight is 382 g/mol. The van der Waals surface area contributed by atoms with Gasteiger partial charge in [-0.2, -0.15) is 0 Å². The van der Waals surface area contributed by atoms with Gasteiger partial charge in [-0.3, -0.25) is 4.79 Å². The van der Waals surface area contributed by atoms with E-state index in [2.05, 4.69) is 20.6 Å². The molecule has 3 rings (SSSR count). The zero-order chi connectivity index (χ0) is 19.9. The van der Waals surface area contributed by atoms with Crippen LogP contribution in [0.3, 0.4) is 0 Å². The van der Waals surface area contributed by atoms with Crippen LogP contribution < -0.4 is 20.1 Å². The van der Waals surface area contributed by atoms with Gasteiger partial charge in [-0.25, -0.2) is 14.4 Å². The van der Waals surface area contributed by atoms with Crippen LogP contribution in [0.1, 0.15) is 15.9 Å². The molecule has 144 valence electrons. The molecule has 1 aromatic heterocycles. The van der Waals surface area contributed by atoms with Crippen LogP contribution in [0.25, 0.3) is 0 Å². The summed E-state index contributed by atoms with van der Waals surface area (Å²) in [5.74, 6) is 0.794. The van der Waals surface area contributed by atoms with Crippen molar-refractivity contribution >= 4 is 17.5 Å². The number of aromatic nitrogens is 2. The van der Waals surface area contributed by atoms with Gasteiger partial charge in [0.15, 0.2) is 11.5 Å². The molecule has 0 bridgehead atoms. The van der Waals surface area contributed by atoms with Crippen LogP contribution in [0.15, 0.2) is 54.9 Å². The highest BCUT2D eigenvalue weighted by Gasteiger charge is 2.09. The van der Waals surface area contributed by atoms with Crippen molar-refractivity contribution in [3.05, 3.63) is 71.8 Å². The molecule has 0 aliphatic heterocycles. The van der Waals surface area contributed by atoms with Gasteiger partial charge in [0, 0.05) is 24.6 Å². The number of carbonyl (C=O) groups is 1. The minimum absolute atomic E-state index is 0.266. The highest BCUT2D eigenvalue weighted by atomic mass is 19.1. The summed E-state index contributed by atoms with van der Waals surface area (Å²) in [6.45, 7) is 0.308. The summed E-state index contributed by atoms with van der Waals surface area (Å²) in [5.41, 5.74) is 1.69. The molecule has 0 radical (unpaired) electrons. The van der Waals surface area contributed by atoms with E-state index < -0.39 is 0 Å². The molecular weight excluding hydrogens is 363 g/mol. The fourth-order valence-corrected chi connectivity index (χ4v) is 2.48. The molecule has 1 amide bonds. The number of benzene rings is 2. The first kappa shape index (κ1) is 19.1. The van der Waals surface area contributed by atoms with Crippen molar-refractivity contribution in [2.75, 3.05) is 19.5 Å². The Kier molecular flexibility index (Phi) is 6.01. The summed E-state index contributed by atoms with van der Waals surface area (Å²) >= 11 is 0. The predicted octanol–water partition coefficient (Wildman–Crippen LogP) is 3.31. The third-order valence-electron chi connectivity index (χ3n) is 3.90. The topological polar surface area (TPSA) is 85.4 Å². The Morgan fingerprint density at radius 3 is 2.46 bits per heavy atom. The van der Waals surface area contributed by atoms with E-state index in [1.165, 1.54) is 24.5 Å². The Morgan fingerprint density at radius 1 is 1.04 bits per heavy atom. The van der Waals surface area contributed by atoms with Gasteiger partial charge in [-0.05, 0) is 35.9 Å². The molecule has 0 saturated heterocycles. The van der Waals surface area contributed by atoms with Gasteiger partial charge in [0.25, 0.3) is 5.91 Å². The monoisotopic (exact) mass is 382 g/mol. The van der Waals surface area contributed by atoms with Gasteiger partial charge in [0.05, 0.1) is 19.8 Å². The number of anilines is 2. The van der Waals surface area contributed by atoms with Crippen molar-refractivity contribution in [2.45, 2.75) is 6.54 Å². The minimum Gasteiger partial charge on any atom is -0.493 e. The Labute approximate surface area is 161 Å². The summed E-state index contributed by atoms with van der Waals surface area (Å²) in [5, 5.41) is 5.67. The van der Waals surface area contributed by atoms with E-state index in [1.807, 2.05) is 6.07 Å². The van der Waals surface area contributed by atoms with Gasteiger partial charge in [-0.1, -0.05) is 12.1 Å². The Balaban J connectivity index is 1.60. The molecular formula is C20H19FN4O3. The zero-order valence-electron chi connectivity index (χ0n) is 15.4. The number of methoxy groups -OCH3 is 2. The molecule has 2 N–H and O–H groups in total. The summed E-state index contributed by atoms with van der Waals surface area (Å²) in [7, 11) is 3.11. The lowest BCUT2D eigenvalue weighted by molar-refractivity contribution is 0.0950. The van der Waals surface area contributed by atoms with Crippen LogP contribution >= 0.6 is 0 Å². The molecule has 28 heavy (non-hydrogen) atoms. The molecule has 2 aromatic carbocycles. The number of ether oxygens (including phenoxy) is 2.